The van der Waals surface area contributed by atoms with Crippen molar-refractivity contribution in [2.75, 3.05) is 11.8 Å². The molecule has 4 saturated heterocycles. The zero-order valence-electron chi connectivity index (χ0n) is 31.4. The quantitative estimate of drug-likeness (QED) is 0.0941. The van der Waals surface area contributed by atoms with Gasteiger partial charge in [0.05, 0.1) is 12.2 Å². The van der Waals surface area contributed by atoms with Crippen LogP contribution < -0.4 is 0 Å². The Bertz CT molecular complexity index is 1060. The van der Waals surface area contributed by atoms with Crippen molar-refractivity contribution in [1.82, 2.24) is 0 Å². The molecule has 0 aromatic heterocycles. The van der Waals surface area contributed by atoms with Gasteiger partial charge < -0.3 is 57.4 Å². The molecule has 4 rings (SSSR count). The van der Waals surface area contributed by atoms with Crippen LogP contribution in [0.25, 0.3) is 0 Å². The highest BCUT2D eigenvalue weighted by Gasteiger charge is 2.73. The van der Waals surface area contributed by atoms with E-state index in [1.807, 2.05) is 6.92 Å². The molecule has 12 unspecified atom stereocenters. The summed E-state index contributed by atoms with van der Waals surface area (Å²) in [7, 11) is -22.1. The third-order valence-electron chi connectivity index (χ3n) is 9.66. The second-order valence-electron chi connectivity index (χ2n) is 14.4. The summed E-state index contributed by atoms with van der Waals surface area (Å²) < 4.78 is 70.1. The number of alkyl halides is 2. The van der Waals surface area contributed by atoms with Crippen LogP contribution in [0.15, 0.2) is 0 Å². The van der Waals surface area contributed by atoms with Gasteiger partial charge in [0.25, 0.3) is 0 Å². The minimum atomic E-state index is -3.89. The van der Waals surface area contributed by atoms with Crippen molar-refractivity contribution >= 4 is 76.5 Å². The van der Waals surface area contributed by atoms with Crippen LogP contribution in [-0.2, 0) is 42.7 Å². The van der Waals surface area contributed by atoms with Crippen LogP contribution in [0.3, 0.4) is 0 Å². The molecule has 0 spiro atoms. The van der Waals surface area contributed by atoms with Crippen LogP contribution in [0.1, 0.15) is 106 Å². The van der Waals surface area contributed by atoms with Crippen molar-refractivity contribution in [3.8, 4) is 0 Å². The Morgan fingerprint density at radius 1 is 0.647 bits per heavy atom. The standard InChI is InChI=1S/C30H64Cl2O13Si6/c1-7-11-19-46(34)41-48(23-15-17-31)37-27(25(5)33)29-30-28-26(6)36-47(35,20-12-8-2)42-49(38-28,24-16-18-32)44-51(40-30,22-14-10-4)45-50(39-29,43-48)21-13-9-3/h25-30,33-35,46H,7-24H2,1-6H3. The van der Waals surface area contributed by atoms with Crippen LogP contribution in [0.2, 0.25) is 36.3 Å². The molecule has 4 fully saturated rings. The second kappa shape index (κ2) is 20.2. The van der Waals surface area contributed by atoms with Gasteiger partial charge in [0.1, 0.15) is 24.4 Å². The number of hydrogen-bond donors (Lipinski definition) is 3. The molecule has 0 saturated carbocycles. The molecule has 51 heavy (non-hydrogen) atoms. The Hall–Kier alpha value is 1.36. The SMILES string of the molecule is CCCC[SiH](O)O[Si]1(CCCCl)OC(C(C)O)C2O[Si](CCCC)(O1)O[Si]1(CCCC)OC2C2O[Si](CCCCl)(O[Si](O)(CCCC)OC2C)O1. The van der Waals surface area contributed by atoms with E-state index in [-0.39, 0.29) is 0 Å². The fourth-order valence-corrected chi connectivity index (χ4v) is 33.9. The van der Waals surface area contributed by atoms with E-state index in [1.54, 1.807) is 6.92 Å². The summed E-state index contributed by atoms with van der Waals surface area (Å²) in [4.78, 5) is 23.5. The van der Waals surface area contributed by atoms with Gasteiger partial charge in [-0.3, -0.25) is 0 Å². The predicted molar refractivity (Wildman–Crippen MR) is 207 cm³/mol. The maximum Gasteiger partial charge on any atom is 0.491 e. The molecule has 12 atom stereocenters. The molecule has 4 heterocycles. The van der Waals surface area contributed by atoms with Gasteiger partial charge in [0.2, 0.25) is 0 Å². The average molecular weight is 872 g/mol. The summed E-state index contributed by atoms with van der Waals surface area (Å²) >= 11 is 12.6. The van der Waals surface area contributed by atoms with E-state index >= 15 is 0 Å². The monoisotopic (exact) mass is 870 g/mol. The summed E-state index contributed by atoms with van der Waals surface area (Å²) in [5.41, 5.74) is 0. The Balaban J connectivity index is 1.96. The number of rotatable bonds is 21. The zero-order valence-corrected chi connectivity index (χ0v) is 39.1. The molecule has 4 aliphatic rings. The van der Waals surface area contributed by atoms with Gasteiger partial charge in [-0.05, 0) is 52.0 Å². The topological polar surface area (TPSA) is 153 Å². The van der Waals surface area contributed by atoms with Gasteiger partial charge in [-0.2, -0.15) is 0 Å². The lowest BCUT2D eigenvalue weighted by molar-refractivity contribution is -0.119. The normalized spacial score (nSPS) is 40.9. The summed E-state index contributed by atoms with van der Waals surface area (Å²) in [5, 5.41) is 11.6. The maximum atomic E-state index is 12.1. The highest BCUT2D eigenvalue weighted by atomic mass is 35.5. The number of aliphatic hydroxyl groups excluding tert-OH is 1. The van der Waals surface area contributed by atoms with Crippen molar-refractivity contribution in [3.63, 3.8) is 0 Å². The van der Waals surface area contributed by atoms with Crippen molar-refractivity contribution in [1.29, 1.82) is 0 Å². The van der Waals surface area contributed by atoms with E-state index in [0.29, 0.717) is 73.7 Å². The summed E-state index contributed by atoms with van der Waals surface area (Å²) in [6, 6.07) is 2.39. The number of unbranched alkanes of at least 4 members (excludes halogenated alkanes) is 4. The van der Waals surface area contributed by atoms with E-state index in [0.717, 1.165) is 38.5 Å². The number of hydrogen-bond acceptors (Lipinski definition) is 13. The Labute approximate surface area is 322 Å². The van der Waals surface area contributed by atoms with Crippen LogP contribution >= 0.6 is 23.2 Å². The Morgan fingerprint density at radius 2 is 1.16 bits per heavy atom. The van der Waals surface area contributed by atoms with Crippen molar-refractivity contribution in [2.45, 2.75) is 179 Å². The summed E-state index contributed by atoms with van der Waals surface area (Å²) in [6.45, 7) is 11.8. The summed E-state index contributed by atoms with van der Waals surface area (Å²) in [5.74, 6) is 0.671. The molecule has 0 radical (unpaired) electrons. The average Bonchev–Trinajstić information content (AvgIpc) is 3.43. The third-order valence-corrected chi connectivity index (χ3v) is 31.7. The fraction of sp³-hybridized carbons (Fsp3) is 1.00. The molecule has 13 nitrogen and oxygen atoms in total. The van der Waals surface area contributed by atoms with Crippen molar-refractivity contribution in [3.05, 3.63) is 0 Å². The van der Waals surface area contributed by atoms with E-state index in [9.17, 15) is 14.7 Å². The first-order valence-corrected chi connectivity index (χ1v) is 31.9. The minimum absolute atomic E-state index is 0.319. The van der Waals surface area contributed by atoms with E-state index in [2.05, 4.69) is 27.7 Å². The first-order valence-electron chi connectivity index (χ1n) is 19.4. The number of halogens is 2. The zero-order chi connectivity index (χ0) is 37.3. The molecule has 4 aliphatic heterocycles. The van der Waals surface area contributed by atoms with Crippen LogP contribution in [0.4, 0.5) is 0 Å². The highest BCUT2D eigenvalue weighted by molar-refractivity contribution is 6.86. The van der Waals surface area contributed by atoms with Crippen LogP contribution in [-0.4, -0.2) is 116 Å². The van der Waals surface area contributed by atoms with Gasteiger partial charge in [-0.1, -0.05) is 59.8 Å². The van der Waals surface area contributed by atoms with E-state index < -0.39 is 89.9 Å². The first kappa shape index (κ1) is 45.1. The lowest BCUT2D eigenvalue weighted by atomic mass is 9.97. The molecule has 0 amide bonds. The van der Waals surface area contributed by atoms with Gasteiger partial charge in [0, 0.05) is 42.0 Å². The molecule has 0 aromatic rings. The van der Waals surface area contributed by atoms with Gasteiger partial charge in [-0.25, -0.2) is 0 Å². The Kier molecular flexibility index (Phi) is 17.8. The maximum absolute atomic E-state index is 12.1. The molecule has 0 aliphatic carbocycles. The predicted octanol–water partition coefficient (Wildman–Crippen LogP) is 5.81. The van der Waals surface area contributed by atoms with Crippen molar-refractivity contribution in [2.24, 2.45) is 0 Å². The number of aliphatic hydroxyl groups is 1. The molecule has 21 heteroatoms. The molecule has 0 aromatic carbocycles. The minimum Gasteiger partial charge on any atom is -0.413 e. The van der Waals surface area contributed by atoms with E-state index in [1.165, 1.54) is 0 Å². The van der Waals surface area contributed by atoms with Crippen LogP contribution in [0, 0.1) is 0 Å². The lowest BCUT2D eigenvalue weighted by Crippen LogP contribution is -2.67. The van der Waals surface area contributed by atoms with Gasteiger partial charge >= 0.3 is 53.3 Å². The summed E-state index contributed by atoms with van der Waals surface area (Å²) in [6.07, 6.45) is 1.95. The Morgan fingerprint density at radius 3 is 1.75 bits per heavy atom. The third kappa shape index (κ3) is 11.5. The molecular weight excluding hydrogens is 808 g/mol. The second-order valence-corrected chi connectivity index (χ2v) is 31.4. The van der Waals surface area contributed by atoms with Crippen molar-refractivity contribution < 1.29 is 57.4 Å². The van der Waals surface area contributed by atoms with Crippen LogP contribution in [0.5, 0.6) is 0 Å². The number of fused-ring (bicyclic) bond motifs is 8. The fourth-order valence-electron chi connectivity index (χ4n) is 7.12. The molecule has 3 N–H and O–H groups in total. The molecule has 300 valence electrons. The van der Waals surface area contributed by atoms with E-state index in [4.69, 9.17) is 65.9 Å². The van der Waals surface area contributed by atoms with Gasteiger partial charge in [-0.15, -0.1) is 23.2 Å². The molecular formula is C30H64Cl2O13Si6. The molecule has 6 bridgehead atoms. The lowest BCUT2D eigenvalue weighted by Gasteiger charge is -2.43. The largest absolute Gasteiger partial charge is 0.491 e. The van der Waals surface area contributed by atoms with Gasteiger partial charge in [0.15, 0.2) is 0 Å². The first-order chi connectivity index (χ1) is 24.3. The smallest absolute Gasteiger partial charge is 0.413 e. The highest BCUT2D eigenvalue weighted by Crippen LogP contribution is 2.49.